The van der Waals surface area contributed by atoms with Crippen molar-refractivity contribution in [3.8, 4) is 0 Å². The van der Waals surface area contributed by atoms with Crippen LogP contribution in [0.2, 0.25) is 0 Å². The number of hydrogen-bond donors (Lipinski definition) is 2. The number of amidine groups is 1. The quantitative estimate of drug-likeness (QED) is 0.306. The summed E-state index contributed by atoms with van der Waals surface area (Å²) in [7, 11) is 0. The molecule has 0 radical (unpaired) electrons. The summed E-state index contributed by atoms with van der Waals surface area (Å²) in [6.07, 6.45) is 4.50. The molecule has 0 aliphatic heterocycles. The van der Waals surface area contributed by atoms with Crippen LogP contribution in [0.3, 0.4) is 0 Å². The zero-order chi connectivity index (χ0) is 10.9. The standard InChI is InChI=1S/C12H18N2S.HI/c1-3-4-10-13-12(15-2)14-11-8-6-5-7-9-11;/h5-9H,3-4,10H2,1-2H3,(H,13,14);1H. The number of rotatable bonds is 4. The van der Waals surface area contributed by atoms with E-state index in [9.17, 15) is 0 Å². The third-order valence-electron chi connectivity index (χ3n) is 2.05. The number of nitrogens with one attached hydrogen (secondary N) is 2. The van der Waals surface area contributed by atoms with Crippen LogP contribution in [0.25, 0.3) is 0 Å². The van der Waals surface area contributed by atoms with Gasteiger partial charge in [-0.15, -0.1) is 0 Å². The minimum absolute atomic E-state index is 0. The predicted molar refractivity (Wildman–Crippen MR) is 69.3 cm³/mol. The zero-order valence-corrected chi connectivity index (χ0v) is 12.8. The first-order valence-electron chi connectivity index (χ1n) is 5.33. The van der Waals surface area contributed by atoms with Crippen LogP contribution in [-0.4, -0.2) is 18.0 Å². The lowest BCUT2D eigenvalue weighted by molar-refractivity contribution is -0.454. The van der Waals surface area contributed by atoms with Crippen molar-refractivity contribution in [3.63, 3.8) is 0 Å². The monoisotopic (exact) mass is 350 g/mol. The molecular weight excluding hydrogens is 331 g/mol. The SMILES string of the molecule is CCCC[NH+]=C(Nc1ccccc1)SC.[I-]. The van der Waals surface area contributed by atoms with E-state index in [0.29, 0.717) is 0 Å². The highest BCUT2D eigenvalue weighted by Crippen LogP contribution is 2.06. The topological polar surface area (TPSA) is 26.0 Å². The van der Waals surface area contributed by atoms with Crippen molar-refractivity contribution < 1.29 is 29.0 Å². The summed E-state index contributed by atoms with van der Waals surface area (Å²) in [6, 6.07) is 10.2. The molecule has 1 rings (SSSR count). The molecule has 0 aliphatic carbocycles. The van der Waals surface area contributed by atoms with Gasteiger partial charge in [-0.1, -0.05) is 31.5 Å². The lowest BCUT2D eigenvalue weighted by Gasteiger charge is -1.99. The average Bonchev–Trinajstić information content (AvgIpc) is 2.29. The van der Waals surface area contributed by atoms with Crippen LogP contribution in [-0.2, 0) is 0 Å². The molecule has 0 unspecified atom stereocenters. The first-order valence-corrected chi connectivity index (χ1v) is 6.56. The normalized spacial score (nSPS) is 10.8. The zero-order valence-electron chi connectivity index (χ0n) is 9.79. The van der Waals surface area contributed by atoms with Crippen molar-refractivity contribution in [3.05, 3.63) is 30.3 Å². The minimum atomic E-state index is 0. The van der Waals surface area contributed by atoms with E-state index in [4.69, 9.17) is 0 Å². The minimum Gasteiger partial charge on any atom is -1.00 e. The van der Waals surface area contributed by atoms with Gasteiger partial charge in [-0.25, -0.2) is 5.32 Å². The number of para-hydroxylation sites is 1. The van der Waals surface area contributed by atoms with Crippen LogP contribution in [0, 0.1) is 0 Å². The highest BCUT2D eigenvalue weighted by Gasteiger charge is 2.04. The van der Waals surface area contributed by atoms with E-state index in [1.807, 2.05) is 18.2 Å². The van der Waals surface area contributed by atoms with Gasteiger partial charge in [0.05, 0.1) is 6.54 Å². The maximum Gasteiger partial charge on any atom is 0.308 e. The fourth-order valence-electron chi connectivity index (χ4n) is 1.20. The summed E-state index contributed by atoms with van der Waals surface area (Å²) in [5.74, 6) is 0. The number of unbranched alkanes of at least 4 members (excludes halogenated alkanes) is 1. The second-order valence-corrected chi connectivity index (χ2v) is 4.12. The lowest BCUT2D eigenvalue weighted by atomic mass is 10.3. The number of hydrogen-bond acceptors (Lipinski definition) is 1. The van der Waals surface area contributed by atoms with E-state index < -0.39 is 0 Å². The van der Waals surface area contributed by atoms with Gasteiger partial charge in [-0.2, -0.15) is 0 Å². The van der Waals surface area contributed by atoms with Gasteiger partial charge in [0.1, 0.15) is 5.69 Å². The first kappa shape index (κ1) is 15.8. The second-order valence-electron chi connectivity index (χ2n) is 3.30. The summed E-state index contributed by atoms with van der Waals surface area (Å²) in [6.45, 7) is 3.23. The third-order valence-corrected chi connectivity index (χ3v) is 2.71. The number of halogens is 1. The molecule has 0 aromatic heterocycles. The Kier molecular flexibility index (Phi) is 9.82. The van der Waals surface area contributed by atoms with E-state index in [1.54, 1.807) is 11.8 Å². The first-order chi connectivity index (χ1) is 7.36. The molecule has 1 aromatic carbocycles. The van der Waals surface area contributed by atoms with Crippen LogP contribution in [0.15, 0.2) is 30.3 Å². The molecule has 0 atom stereocenters. The molecule has 0 bridgehead atoms. The van der Waals surface area contributed by atoms with Crippen LogP contribution in [0.4, 0.5) is 5.69 Å². The molecule has 0 saturated heterocycles. The van der Waals surface area contributed by atoms with Crippen molar-refractivity contribution in [1.29, 1.82) is 0 Å². The van der Waals surface area contributed by atoms with E-state index in [0.717, 1.165) is 17.4 Å². The van der Waals surface area contributed by atoms with E-state index in [1.165, 1.54) is 12.8 Å². The van der Waals surface area contributed by atoms with Gasteiger partial charge in [-0.3, -0.25) is 4.99 Å². The number of benzene rings is 1. The van der Waals surface area contributed by atoms with E-state index in [2.05, 4.69) is 35.6 Å². The Balaban J connectivity index is 0.00000225. The third kappa shape index (κ3) is 6.37. The van der Waals surface area contributed by atoms with Gasteiger partial charge in [0.15, 0.2) is 0 Å². The van der Waals surface area contributed by atoms with Gasteiger partial charge in [-0.05, 0) is 36.6 Å². The van der Waals surface area contributed by atoms with Crippen LogP contribution in [0.5, 0.6) is 0 Å². The summed E-state index contributed by atoms with van der Waals surface area (Å²) < 4.78 is 0. The van der Waals surface area contributed by atoms with Gasteiger partial charge >= 0.3 is 5.17 Å². The molecule has 0 saturated carbocycles. The summed E-state index contributed by atoms with van der Waals surface area (Å²) in [4.78, 5) is 3.39. The molecule has 0 aliphatic rings. The maximum absolute atomic E-state index is 3.39. The van der Waals surface area contributed by atoms with Crippen LogP contribution in [0.1, 0.15) is 19.8 Å². The molecule has 90 valence electrons. The molecule has 4 heteroatoms. The smallest absolute Gasteiger partial charge is 0.308 e. The van der Waals surface area contributed by atoms with Gasteiger partial charge in [0.2, 0.25) is 0 Å². The van der Waals surface area contributed by atoms with E-state index >= 15 is 0 Å². The molecule has 16 heavy (non-hydrogen) atoms. The maximum atomic E-state index is 3.39. The highest BCUT2D eigenvalue weighted by atomic mass is 127. The Hall–Kier alpha value is -0.230. The van der Waals surface area contributed by atoms with Crippen molar-refractivity contribution in [2.24, 2.45) is 0 Å². The molecule has 2 nitrogen and oxygen atoms in total. The highest BCUT2D eigenvalue weighted by molar-refractivity contribution is 8.13. The van der Waals surface area contributed by atoms with Gasteiger partial charge in [0, 0.05) is 0 Å². The number of anilines is 1. The van der Waals surface area contributed by atoms with Crippen LogP contribution >= 0.6 is 11.8 Å². The molecule has 0 fully saturated rings. The fourth-order valence-corrected chi connectivity index (χ4v) is 1.66. The van der Waals surface area contributed by atoms with Crippen LogP contribution < -0.4 is 34.3 Å². The lowest BCUT2D eigenvalue weighted by Crippen LogP contribution is -3.00. The van der Waals surface area contributed by atoms with Crippen molar-refractivity contribution in [1.82, 2.24) is 0 Å². The largest absolute Gasteiger partial charge is 1.00 e. The Bertz CT molecular complexity index is 301. The molecule has 0 spiro atoms. The Morgan fingerprint density at radius 1 is 1.31 bits per heavy atom. The average molecular weight is 350 g/mol. The van der Waals surface area contributed by atoms with Gasteiger partial charge in [0.25, 0.3) is 0 Å². The molecule has 1 aromatic rings. The summed E-state index contributed by atoms with van der Waals surface area (Å²) in [5.41, 5.74) is 1.13. The second kappa shape index (κ2) is 9.96. The number of thioether (sulfide) groups is 1. The Labute approximate surface area is 119 Å². The Morgan fingerprint density at radius 2 is 2.00 bits per heavy atom. The van der Waals surface area contributed by atoms with Crippen molar-refractivity contribution in [2.45, 2.75) is 19.8 Å². The Morgan fingerprint density at radius 3 is 2.56 bits per heavy atom. The molecule has 0 heterocycles. The van der Waals surface area contributed by atoms with Crippen molar-refractivity contribution in [2.75, 3.05) is 18.1 Å². The van der Waals surface area contributed by atoms with Gasteiger partial charge < -0.3 is 24.0 Å². The molecule has 2 N–H and O–H groups in total. The van der Waals surface area contributed by atoms with Crippen molar-refractivity contribution >= 4 is 22.6 Å². The molecule has 0 amide bonds. The summed E-state index contributed by atoms with van der Waals surface area (Å²) >= 11 is 1.71. The van der Waals surface area contributed by atoms with E-state index in [-0.39, 0.29) is 24.0 Å². The fraction of sp³-hybridized carbons (Fsp3) is 0.417. The summed E-state index contributed by atoms with van der Waals surface area (Å²) in [5, 5.41) is 4.48. The molecular formula is C12H19IN2S. The predicted octanol–water partition coefficient (Wildman–Crippen LogP) is -1.30.